The van der Waals surface area contributed by atoms with Gasteiger partial charge in [-0.05, 0) is 25.1 Å². The summed E-state index contributed by atoms with van der Waals surface area (Å²) in [4.78, 5) is 4.67. The molecule has 0 amide bonds. The predicted molar refractivity (Wildman–Crippen MR) is 68.1 cm³/mol. The Kier molecular flexibility index (Phi) is 7.31. The maximum Gasteiger partial charge on any atom is 0.145 e. The van der Waals surface area contributed by atoms with Crippen LogP contribution in [0.2, 0.25) is 0 Å². The first-order valence-electron chi connectivity index (χ1n) is 4.56. The van der Waals surface area contributed by atoms with Crippen LogP contribution in [0.25, 0.3) is 0 Å². The molecule has 0 fully saturated rings. The molecule has 0 saturated carbocycles. The summed E-state index contributed by atoms with van der Waals surface area (Å²) in [5.74, 6) is 0. The van der Waals surface area contributed by atoms with Gasteiger partial charge in [-0.15, -0.1) is 0 Å². The van der Waals surface area contributed by atoms with Crippen molar-refractivity contribution in [3.8, 4) is 0 Å². The van der Waals surface area contributed by atoms with Gasteiger partial charge in [-0.25, -0.2) is 0 Å². The van der Waals surface area contributed by atoms with Crippen molar-refractivity contribution in [2.24, 2.45) is 10.8 Å². The zero-order valence-corrected chi connectivity index (χ0v) is 9.84. The fourth-order valence-electron chi connectivity index (χ4n) is 0.897. The van der Waals surface area contributed by atoms with Gasteiger partial charge in [-0.1, -0.05) is 25.2 Å². The first kappa shape index (κ1) is 13.7. The third-order valence-corrected chi connectivity index (χ3v) is 1.95. The molecule has 5 heteroatoms. The molecule has 0 aliphatic rings. The van der Waals surface area contributed by atoms with Crippen molar-refractivity contribution in [2.45, 2.75) is 13.3 Å². The van der Waals surface area contributed by atoms with Crippen molar-refractivity contribution in [3.05, 3.63) is 29.6 Å². The molecule has 0 aromatic carbocycles. The highest BCUT2D eigenvalue weighted by Crippen LogP contribution is 2.01. The van der Waals surface area contributed by atoms with Crippen LogP contribution in [0.1, 0.15) is 18.2 Å². The molecule has 0 saturated heterocycles. The van der Waals surface area contributed by atoms with E-state index in [1.807, 2.05) is 18.3 Å². The molecule has 0 unspecified atom stereocenters. The molecule has 0 atom stereocenters. The molecule has 15 heavy (non-hydrogen) atoms. The molecule has 3 N–H and O–H groups in total. The van der Waals surface area contributed by atoms with Gasteiger partial charge in [0.05, 0.1) is 5.69 Å². The highest BCUT2D eigenvalue weighted by Gasteiger charge is 1.99. The standard InChI is InChI=1S/C9H11N3S.CH5N/c1-3-7-4-5-8(11-6-7)9(13)12-10-2;1-2/h4-6H,2-3H2,1H3,(H,12,13);2H2,1H3. The summed E-state index contributed by atoms with van der Waals surface area (Å²) in [6, 6.07) is 3.87. The minimum absolute atomic E-state index is 0.498. The van der Waals surface area contributed by atoms with Crippen molar-refractivity contribution >= 4 is 23.9 Å². The number of nitrogens with zero attached hydrogens (tertiary/aromatic N) is 2. The van der Waals surface area contributed by atoms with Gasteiger partial charge in [0.25, 0.3) is 0 Å². The highest BCUT2D eigenvalue weighted by molar-refractivity contribution is 7.80. The quantitative estimate of drug-likeness (QED) is 0.458. The lowest BCUT2D eigenvalue weighted by molar-refractivity contribution is 1.04. The number of hydrogen-bond acceptors (Lipinski definition) is 4. The van der Waals surface area contributed by atoms with Crippen molar-refractivity contribution < 1.29 is 0 Å². The van der Waals surface area contributed by atoms with E-state index < -0.39 is 0 Å². The molecule has 4 nitrogen and oxygen atoms in total. The van der Waals surface area contributed by atoms with Crippen LogP contribution in [-0.2, 0) is 6.42 Å². The Labute approximate surface area is 95.6 Å². The molecule has 82 valence electrons. The second kappa shape index (κ2) is 8.02. The summed E-state index contributed by atoms with van der Waals surface area (Å²) < 4.78 is 0. The maximum absolute atomic E-state index is 4.99. The van der Waals surface area contributed by atoms with Gasteiger partial charge in [0, 0.05) is 12.9 Å². The molecule has 0 spiro atoms. The van der Waals surface area contributed by atoms with Gasteiger partial charge in [-0.3, -0.25) is 10.4 Å². The average Bonchev–Trinajstić information content (AvgIpc) is 2.32. The first-order chi connectivity index (χ1) is 7.27. The van der Waals surface area contributed by atoms with E-state index in [-0.39, 0.29) is 0 Å². The summed E-state index contributed by atoms with van der Waals surface area (Å²) >= 11 is 4.99. The van der Waals surface area contributed by atoms with Crippen molar-refractivity contribution in [1.29, 1.82) is 0 Å². The Morgan fingerprint density at radius 2 is 2.27 bits per heavy atom. The largest absolute Gasteiger partial charge is 0.333 e. The molecule has 0 bridgehead atoms. The third-order valence-electron chi connectivity index (χ3n) is 1.65. The van der Waals surface area contributed by atoms with Crippen molar-refractivity contribution in [3.63, 3.8) is 0 Å². The van der Waals surface area contributed by atoms with Crippen LogP contribution in [0.4, 0.5) is 0 Å². The zero-order chi connectivity index (χ0) is 11.7. The lowest BCUT2D eigenvalue weighted by atomic mass is 10.2. The van der Waals surface area contributed by atoms with Crippen LogP contribution < -0.4 is 11.2 Å². The topological polar surface area (TPSA) is 63.3 Å². The maximum atomic E-state index is 4.99. The van der Waals surface area contributed by atoms with E-state index in [2.05, 4.69) is 34.9 Å². The van der Waals surface area contributed by atoms with Gasteiger partial charge >= 0.3 is 0 Å². The fraction of sp³-hybridized carbons (Fsp3) is 0.300. The number of nitrogens with two attached hydrogens (primary N) is 1. The molecule has 1 rings (SSSR count). The Morgan fingerprint density at radius 1 is 1.60 bits per heavy atom. The Balaban J connectivity index is 0.000000921. The second-order valence-electron chi connectivity index (χ2n) is 2.50. The number of rotatable bonds is 3. The van der Waals surface area contributed by atoms with Crippen LogP contribution in [0.15, 0.2) is 23.4 Å². The Bertz CT molecular complexity index is 308. The van der Waals surface area contributed by atoms with Crippen LogP contribution >= 0.6 is 12.2 Å². The number of thiocarbonyl (C=S) groups is 1. The van der Waals surface area contributed by atoms with Gasteiger partial charge in [-0.2, -0.15) is 5.10 Å². The van der Waals surface area contributed by atoms with E-state index in [1.54, 1.807) is 0 Å². The minimum atomic E-state index is 0.498. The number of hydrogen-bond donors (Lipinski definition) is 2. The van der Waals surface area contributed by atoms with Crippen LogP contribution in [-0.4, -0.2) is 23.7 Å². The molecular formula is C10H16N4S. The van der Waals surface area contributed by atoms with Crippen LogP contribution in [0, 0.1) is 0 Å². The number of hydrazone groups is 1. The molecule has 0 radical (unpaired) electrons. The highest BCUT2D eigenvalue weighted by atomic mass is 32.1. The van der Waals surface area contributed by atoms with Crippen LogP contribution in [0.5, 0.6) is 0 Å². The minimum Gasteiger partial charge on any atom is -0.333 e. The summed E-state index contributed by atoms with van der Waals surface area (Å²) in [6.07, 6.45) is 2.79. The molecular weight excluding hydrogens is 208 g/mol. The van der Waals surface area contributed by atoms with Crippen molar-refractivity contribution in [2.75, 3.05) is 7.05 Å². The molecule has 1 aromatic heterocycles. The molecule has 1 aromatic rings. The van der Waals surface area contributed by atoms with Crippen molar-refractivity contribution in [1.82, 2.24) is 10.4 Å². The van der Waals surface area contributed by atoms with E-state index >= 15 is 0 Å². The van der Waals surface area contributed by atoms with Gasteiger partial charge < -0.3 is 5.73 Å². The van der Waals surface area contributed by atoms with E-state index in [4.69, 9.17) is 12.2 Å². The monoisotopic (exact) mass is 224 g/mol. The second-order valence-corrected chi connectivity index (χ2v) is 2.91. The predicted octanol–water partition coefficient (Wildman–Crippen LogP) is 1.10. The lowest BCUT2D eigenvalue weighted by Gasteiger charge is -2.01. The molecule has 0 aliphatic carbocycles. The summed E-state index contributed by atoms with van der Waals surface area (Å²) in [6.45, 7) is 5.37. The number of nitrogens with one attached hydrogen (secondary N) is 1. The third kappa shape index (κ3) is 4.62. The summed E-state index contributed by atoms with van der Waals surface area (Å²) in [7, 11) is 1.50. The number of aromatic nitrogens is 1. The van der Waals surface area contributed by atoms with E-state index in [0.717, 1.165) is 12.1 Å². The zero-order valence-electron chi connectivity index (χ0n) is 9.03. The van der Waals surface area contributed by atoms with Crippen LogP contribution in [0.3, 0.4) is 0 Å². The first-order valence-corrected chi connectivity index (χ1v) is 4.97. The Hall–Kier alpha value is -1.33. The summed E-state index contributed by atoms with van der Waals surface area (Å²) in [5.41, 5.74) is 9.00. The average molecular weight is 224 g/mol. The van der Waals surface area contributed by atoms with Gasteiger partial charge in [0.15, 0.2) is 0 Å². The van der Waals surface area contributed by atoms with Gasteiger partial charge in [0.2, 0.25) is 0 Å². The Morgan fingerprint density at radius 3 is 2.67 bits per heavy atom. The molecule has 1 heterocycles. The number of aryl methyl sites for hydroxylation is 1. The van der Waals surface area contributed by atoms with Gasteiger partial charge in [0.1, 0.15) is 4.99 Å². The fourth-order valence-corrected chi connectivity index (χ4v) is 1.08. The smallest absolute Gasteiger partial charge is 0.145 e. The number of pyridine rings is 1. The molecule has 0 aliphatic heterocycles. The van der Waals surface area contributed by atoms with E-state index in [1.165, 1.54) is 12.6 Å². The SMILES string of the molecule is C=NNC(=S)c1ccc(CC)cn1.CN. The van der Waals surface area contributed by atoms with E-state index in [0.29, 0.717) is 4.99 Å². The normalized spacial score (nSPS) is 8.47. The van der Waals surface area contributed by atoms with E-state index in [9.17, 15) is 0 Å². The lowest BCUT2D eigenvalue weighted by Crippen LogP contribution is -2.16. The summed E-state index contributed by atoms with van der Waals surface area (Å²) in [5, 5.41) is 3.47.